The van der Waals surface area contributed by atoms with Gasteiger partial charge in [-0.25, -0.2) is 9.48 Å². The van der Waals surface area contributed by atoms with Gasteiger partial charge in [0.15, 0.2) is 0 Å². The number of rotatable bonds is 5. The molecule has 0 spiro atoms. The van der Waals surface area contributed by atoms with E-state index in [1.807, 2.05) is 53.2 Å². The molecule has 8 heteroatoms. The first-order valence-electron chi connectivity index (χ1n) is 11.2. The maximum atomic E-state index is 12.2. The van der Waals surface area contributed by atoms with E-state index in [4.69, 9.17) is 4.74 Å². The lowest BCUT2D eigenvalue weighted by Gasteiger charge is -2.32. The first-order chi connectivity index (χ1) is 15.7. The van der Waals surface area contributed by atoms with Gasteiger partial charge in [0.1, 0.15) is 11.8 Å². The fourth-order valence-corrected chi connectivity index (χ4v) is 4.38. The molecule has 0 saturated carbocycles. The number of anilines is 1. The number of hydrogen-bond donors (Lipinski definition) is 2. The molecule has 3 heterocycles. The lowest BCUT2D eigenvalue weighted by molar-refractivity contribution is -0.00216. The van der Waals surface area contributed by atoms with Crippen molar-refractivity contribution in [1.82, 2.24) is 25.2 Å². The van der Waals surface area contributed by atoms with E-state index in [1.165, 1.54) is 5.56 Å². The van der Waals surface area contributed by atoms with Crippen molar-refractivity contribution in [3.8, 4) is 0 Å². The van der Waals surface area contributed by atoms with Crippen LogP contribution in [0.15, 0.2) is 60.7 Å². The molecule has 3 aromatic rings. The molecule has 1 atom stereocenters. The highest BCUT2D eigenvalue weighted by Crippen LogP contribution is 2.27. The van der Waals surface area contributed by atoms with Crippen molar-refractivity contribution in [2.24, 2.45) is 0 Å². The molecule has 8 nitrogen and oxygen atoms in total. The van der Waals surface area contributed by atoms with Crippen molar-refractivity contribution >= 4 is 11.7 Å². The third-order valence-corrected chi connectivity index (χ3v) is 6.18. The highest BCUT2D eigenvalue weighted by Gasteiger charge is 2.27. The maximum absolute atomic E-state index is 12.2. The summed E-state index contributed by atoms with van der Waals surface area (Å²) in [6.07, 6.45) is 1.85. The average molecular weight is 433 g/mol. The molecule has 0 aliphatic carbocycles. The monoisotopic (exact) mass is 432 g/mol. The number of nitrogens with one attached hydrogen (secondary N) is 2. The van der Waals surface area contributed by atoms with Crippen LogP contribution in [-0.2, 0) is 24.4 Å². The van der Waals surface area contributed by atoms with E-state index in [-0.39, 0.29) is 18.2 Å². The quantitative estimate of drug-likeness (QED) is 0.646. The molecular formula is C24H28N6O2. The first kappa shape index (κ1) is 20.7. The Balaban J connectivity index is 1.11. The van der Waals surface area contributed by atoms with Gasteiger partial charge in [-0.15, -0.1) is 5.10 Å². The van der Waals surface area contributed by atoms with Gasteiger partial charge in [0, 0.05) is 31.4 Å². The Kier molecular flexibility index (Phi) is 6.13. The largest absolute Gasteiger partial charge is 0.365 e. The number of amides is 2. The number of carbonyl (C=O) groups is 1. The molecule has 0 radical (unpaired) electrons. The third kappa shape index (κ3) is 4.81. The average Bonchev–Trinajstić information content (AvgIpc) is 3.23. The predicted octanol–water partition coefficient (Wildman–Crippen LogP) is 3.34. The summed E-state index contributed by atoms with van der Waals surface area (Å²) in [6.45, 7) is 3.80. The van der Waals surface area contributed by atoms with Crippen LogP contribution in [0.4, 0.5) is 10.5 Å². The minimum absolute atomic E-state index is 0.0158. The van der Waals surface area contributed by atoms with E-state index in [0.717, 1.165) is 49.6 Å². The standard InChI is InChI=1S/C24H28N6O2/c31-24(25-19-9-5-2-6-10-19)26-20-11-13-29(14-12-20)15-21-22-17-32-23(16-30(22)28-27-21)18-7-3-1-4-8-18/h1-10,20,23H,11-17H2,(H2,25,26,31). The molecule has 1 unspecified atom stereocenters. The Morgan fingerprint density at radius 3 is 2.50 bits per heavy atom. The normalized spacial score (nSPS) is 19.3. The van der Waals surface area contributed by atoms with Crippen molar-refractivity contribution in [2.75, 3.05) is 18.4 Å². The van der Waals surface area contributed by atoms with Crippen LogP contribution < -0.4 is 10.6 Å². The summed E-state index contributed by atoms with van der Waals surface area (Å²) in [7, 11) is 0. The summed E-state index contributed by atoms with van der Waals surface area (Å²) >= 11 is 0. The first-order valence-corrected chi connectivity index (χ1v) is 11.2. The van der Waals surface area contributed by atoms with E-state index >= 15 is 0 Å². The minimum Gasteiger partial charge on any atom is -0.365 e. The molecule has 5 rings (SSSR count). The Morgan fingerprint density at radius 2 is 1.75 bits per heavy atom. The summed E-state index contributed by atoms with van der Waals surface area (Å²) in [5, 5.41) is 14.8. The van der Waals surface area contributed by atoms with Crippen molar-refractivity contribution in [2.45, 2.75) is 44.7 Å². The number of nitrogens with zero attached hydrogens (tertiary/aromatic N) is 4. The number of urea groups is 1. The van der Waals surface area contributed by atoms with E-state index < -0.39 is 0 Å². The van der Waals surface area contributed by atoms with Gasteiger partial charge in [-0.2, -0.15) is 0 Å². The zero-order valence-corrected chi connectivity index (χ0v) is 18.0. The predicted molar refractivity (Wildman–Crippen MR) is 121 cm³/mol. The molecule has 0 bridgehead atoms. The van der Waals surface area contributed by atoms with Crippen LogP contribution in [0, 0.1) is 0 Å². The van der Waals surface area contributed by atoms with E-state index in [9.17, 15) is 4.79 Å². The molecule has 32 heavy (non-hydrogen) atoms. The van der Waals surface area contributed by atoms with Gasteiger partial charge in [-0.1, -0.05) is 53.7 Å². The summed E-state index contributed by atoms with van der Waals surface area (Å²) in [5.41, 5.74) is 4.03. The molecule has 2 N–H and O–H groups in total. The second-order valence-corrected chi connectivity index (χ2v) is 8.39. The number of fused-ring (bicyclic) bond motifs is 1. The van der Waals surface area contributed by atoms with Gasteiger partial charge in [-0.3, -0.25) is 4.90 Å². The second-order valence-electron chi connectivity index (χ2n) is 8.39. The van der Waals surface area contributed by atoms with Crippen molar-refractivity contribution in [3.05, 3.63) is 77.6 Å². The zero-order chi connectivity index (χ0) is 21.8. The van der Waals surface area contributed by atoms with Crippen LogP contribution in [0.25, 0.3) is 0 Å². The summed E-state index contributed by atoms with van der Waals surface area (Å²) in [5.74, 6) is 0. The van der Waals surface area contributed by atoms with Gasteiger partial charge >= 0.3 is 6.03 Å². The van der Waals surface area contributed by atoms with Crippen LogP contribution in [0.2, 0.25) is 0 Å². The molecule has 2 amide bonds. The molecule has 2 aromatic carbocycles. The van der Waals surface area contributed by atoms with Crippen LogP contribution in [0.5, 0.6) is 0 Å². The number of likely N-dealkylation sites (tertiary alicyclic amines) is 1. The number of carbonyl (C=O) groups excluding carboxylic acids is 1. The van der Waals surface area contributed by atoms with Crippen LogP contribution >= 0.6 is 0 Å². The molecule has 1 aromatic heterocycles. The summed E-state index contributed by atoms with van der Waals surface area (Å²) in [6, 6.07) is 19.8. The Hall–Kier alpha value is -3.23. The highest BCUT2D eigenvalue weighted by atomic mass is 16.5. The SMILES string of the molecule is O=C(Nc1ccccc1)NC1CCN(Cc2nnn3c2COC(c2ccccc2)C3)CC1. The maximum Gasteiger partial charge on any atom is 0.319 e. The van der Waals surface area contributed by atoms with Crippen LogP contribution in [0.1, 0.15) is 35.9 Å². The fraction of sp³-hybridized carbons (Fsp3) is 0.375. The Bertz CT molecular complexity index is 1030. The molecule has 2 aliphatic rings. The van der Waals surface area contributed by atoms with Gasteiger partial charge in [-0.05, 0) is 30.5 Å². The number of hydrogen-bond acceptors (Lipinski definition) is 5. The van der Waals surface area contributed by atoms with Crippen LogP contribution in [0.3, 0.4) is 0 Å². The number of aromatic nitrogens is 3. The number of ether oxygens (including phenoxy) is 1. The topological polar surface area (TPSA) is 84.3 Å². The molecular weight excluding hydrogens is 404 g/mol. The lowest BCUT2D eigenvalue weighted by Crippen LogP contribution is -2.45. The van der Waals surface area contributed by atoms with Gasteiger partial charge < -0.3 is 15.4 Å². The Labute approximate surface area is 187 Å². The lowest BCUT2D eigenvalue weighted by atomic mass is 10.0. The van der Waals surface area contributed by atoms with E-state index in [1.54, 1.807) is 0 Å². The number of piperidine rings is 1. The van der Waals surface area contributed by atoms with Crippen molar-refractivity contribution in [1.29, 1.82) is 0 Å². The molecule has 1 fully saturated rings. The molecule has 166 valence electrons. The molecule has 2 aliphatic heterocycles. The van der Waals surface area contributed by atoms with E-state index in [0.29, 0.717) is 13.2 Å². The molecule has 1 saturated heterocycles. The van der Waals surface area contributed by atoms with Crippen molar-refractivity contribution < 1.29 is 9.53 Å². The summed E-state index contributed by atoms with van der Waals surface area (Å²) < 4.78 is 8.10. The number of benzene rings is 2. The van der Waals surface area contributed by atoms with Crippen molar-refractivity contribution in [3.63, 3.8) is 0 Å². The van der Waals surface area contributed by atoms with E-state index in [2.05, 4.69) is 38.0 Å². The second kappa shape index (κ2) is 9.50. The highest BCUT2D eigenvalue weighted by molar-refractivity contribution is 5.89. The minimum atomic E-state index is -0.146. The fourth-order valence-electron chi connectivity index (χ4n) is 4.38. The Morgan fingerprint density at radius 1 is 1.03 bits per heavy atom. The number of para-hydroxylation sites is 1. The third-order valence-electron chi connectivity index (χ3n) is 6.18. The summed E-state index contributed by atoms with van der Waals surface area (Å²) in [4.78, 5) is 14.6. The van der Waals surface area contributed by atoms with Crippen LogP contribution in [-0.4, -0.2) is 45.1 Å². The van der Waals surface area contributed by atoms with Gasteiger partial charge in [0.2, 0.25) is 0 Å². The zero-order valence-electron chi connectivity index (χ0n) is 18.0. The smallest absolute Gasteiger partial charge is 0.319 e. The van der Waals surface area contributed by atoms with Gasteiger partial charge in [0.05, 0.1) is 18.8 Å². The van der Waals surface area contributed by atoms with Gasteiger partial charge in [0.25, 0.3) is 0 Å².